The number of hydrogen-bond acceptors (Lipinski definition) is 3. The molecule has 1 aromatic carbocycles. The molecule has 18 heavy (non-hydrogen) atoms. The normalized spacial score (nSPS) is 19.6. The van der Waals surface area contributed by atoms with Crippen LogP contribution in [-0.4, -0.2) is 33.1 Å². The molecule has 0 spiro atoms. The van der Waals surface area contributed by atoms with E-state index in [1.54, 1.807) is 12.1 Å². The van der Waals surface area contributed by atoms with E-state index in [1.807, 2.05) is 13.1 Å². The van der Waals surface area contributed by atoms with Crippen LogP contribution in [0.25, 0.3) is 0 Å². The Morgan fingerprint density at radius 3 is 3.06 bits per heavy atom. The number of halogens is 1. The Bertz CT molecular complexity index is 416. The van der Waals surface area contributed by atoms with E-state index in [-0.39, 0.29) is 0 Å². The zero-order valence-electron chi connectivity index (χ0n) is 10.6. The number of anilines is 1. The summed E-state index contributed by atoms with van der Waals surface area (Å²) in [6.45, 7) is 2.53. The SMILES string of the molecule is CN(CC1CCCOC1)c1c(Cl)cccc1C=O. The van der Waals surface area contributed by atoms with Gasteiger partial charge in [-0.3, -0.25) is 4.79 Å². The lowest BCUT2D eigenvalue weighted by Gasteiger charge is -2.29. The molecular weight excluding hydrogens is 250 g/mol. The minimum absolute atomic E-state index is 0.513. The summed E-state index contributed by atoms with van der Waals surface area (Å²) in [5.41, 5.74) is 1.46. The molecule has 98 valence electrons. The second-order valence-electron chi connectivity index (χ2n) is 4.76. The van der Waals surface area contributed by atoms with Crippen molar-refractivity contribution in [3.05, 3.63) is 28.8 Å². The largest absolute Gasteiger partial charge is 0.381 e. The van der Waals surface area contributed by atoms with Gasteiger partial charge in [0, 0.05) is 25.8 Å². The summed E-state index contributed by atoms with van der Waals surface area (Å²) < 4.78 is 5.48. The van der Waals surface area contributed by atoms with Gasteiger partial charge in [-0.15, -0.1) is 0 Å². The highest BCUT2D eigenvalue weighted by atomic mass is 35.5. The first-order valence-corrected chi connectivity index (χ1v) is 6.62. The summed E-state index contributed by atoms with van der Waals surface area (Å²) in [7, 11) is 1.98. The van der Waals surface area contributed by atoms with E-state index in [1.165, 1.54) is 6.42 Å². The highest BCUT2D eigenvalue weighted by Gasteiger charge is 2.18. The number of carbonyl (C=O) groups excluding carboxylic acids is 1. The summed E-state index contributed by atoms with van der Waals surface area (Å²) in [5, 5.41) is 0.624. The number of para-hydroxylation sites is 1. The van der Waals surface area contributed by atoms with Crippen molar-refractivity contribution in [2.45, 2.75) is 12.8 Å². The van der Waals surface area contributed by atoms with Crippen LogP contribution >= 0.6 is 11.6 Å². The van der Waals surface area contributed by atoms with Crippen LogP contribution in [0.15, 0.2) is 18.2 Å². The molecule has 1 atom stereocenters. The molecule has 1 fully saturated rings. The van der Waals surface area contributed by atoms with E-state index in [0.29, 0.717) is 16.5 Å². The summed E-state index contributed by atoms with van der Waals surface area (Å²) >= 11 is 6.19. The van der Waals surface area contributed by atoms with E-state index in [0.717, 1.165) is 38.2 Å². The molecule has 1 heterocycles. The third-order valence-electron chi connectivity index (χ3n) is 3.31. The number of ether oxygens (including phenoxy) is 1. The molecule has 4 heteroatoms. The number of nitrogens with zero attached hydrogens (tertiary/aromatic N) is 1. The Morgan fingerprint density at radius 2 is 2.39 bits per heavy atom. The first-order chi connectivity index (χ1) is 8.72. The summed E-state index contributed by atoms with van der Waals surface area (Å²) in [6, 6.07) is 5.41. The minimum Gasteiger partial charge on any atom is -0.381 e. The van der Waals surface area contributed by atoms with Gasteiger partial charge in [0.05, 0.1) is 17.3 Å². The number of aldehydes is 1. The molecule has 0 N–H and O–H groups in total. The van der Waals surface area contributed by atoms with Crippen molar-refractivity contribution in [2.75, 3.05) is 31.7 Å². The van der Waals surface area contributed by atoms with Crippen LogP contribution in [0.5, 0.6) is 0 Å². The molecule has 1 aliphatic heterocycles. The number of rotatable bonds is 4. The van der Waals surface area contributed by atoms with Crippen LogP contribution in [0.3, 0.4) is 0 Å². The number of carbonyl (C=O) groups is 1. The van der Waals surface area contributed by atoms with E-state index in [4.69, 9.17) is 16.3 Å². The van der Waals surface area contributed by atoms with Crippen molar-refractivity contribution in [2.24, 2.45) is 5.92 Å². The fourth-order valence-corrected chi connectivity index (χ4v) is 2.79. The summed E-state index contributed by atoms with van der Waals surface area (Å²) in [4.78, 5) is 13.1. The molecule has 0 aromatic heterocycles. The monoisotopic (exact) mass is 267 g/mol. The highest BCUT2D eigenvalue weighted by molar-refractivity contribution is 6.33. The maximum atomic E-state index is 11.1. The second-order valence-corrected chi connectivity index (χ2v) is 5.17. The quantitative estimate of drug-likeness (QED) is 0.786. The van der Waals surface area contributed by atoms with Crippen LogP contribution in [0, 0.1) is 5.92 Å². The van der Waals surface area contributed by atoms with E-state index in [9.17, 15) is 4.79 Å². The van der Waals surface area contributed by atoms with E-state index >= 15 is 0 Å². The van der Waals surface area contributed by atoms with Crippen molar-refractivity contribution >= 4 is 23.6 Å². The van der Waals surface area contributed by atoms with Crippen LogP contribution in [0.4, 0.5) is 5.69 Å². The van der Waals surface area contributed by atoms with Gasteiger partial charge in [-0.1, -0.05) is 17.7 Å². The molecule has 0 radical (unpaired) electrons. The summed E-state index contributed by atoms with van der Waals surface area (Å²) in [6.07, 6.45) is 3.14. The second kappa shape index (κ2) is 6.21. The van der Waals surface area contributed by atoms with Gasteiger partial charge in [-0.25, -0.2) is 0 Å². The van der Waals surface area contributed by atoms with Crippen molar-refractivity contribution in [3.8, 4) is 0 Å². The molecule has 2 rings (SSSR count). The predicted molar refractivity (Wildman–Crippen MR) is 73.7 cm³/mol. The van der Waals surface area contributed by atoms with Gasteiger partial charge < -0.3 is 9.64 Å². The van der Waals surface area contributed by atoms with Crippen LogP contribution in [0.1, 0.15) is 23.2 Å². The molecule has 0 aliphatic carbocycles. The van der Waals surface area contributed by atoms with Crippen molar-refractivity contribution in [1.29, 1.82) is 0 Å². The Labute approximate surface area is 113 Å². The maximum absolute atomic E-state index is 11.1. The number of benzene rings is 1. The third-order valence-corrected chi connectivity index (χ3v) is 3.62. The maximum Gasteiger partial charge on any atom is 0.152 e. The molecule has 0 saturated carbocycles. The molecule has 1 saturated heterocycles. The molecule has 3 nitrogen and oxygen atoms in total. The standard InChI is InChI=1S/C14H18ClNO2/c1-16(8-11-4-3-7-18-10-11)14-12(9-17)5-2-6-13(14)15/h2,5-6,9,11H,3-4,7-8,10H2,1H3. The highest BCUT2D eigenvalue weighted by Crippen LogP contribution is 2.29. The van der Waals surface area contributed by atoms with Crippen molar-refractivity contribution in [3.63, 3.8) is 0 Å². The zero-order valence-corrected chi connectivity index (χ0v) is 11.3. The van der Waals surface area contributed by atoms with Gasteiger partial charge >= 0.3 is 0 Å². The fourth-order valence-electron chi connectivity index (χ4n) is 2.46. The first-order valence-electron chi connectivity index (χ1n) is 6.25. The molecule has 1 unspecified atom stereocenters. The van der Waals surface area contributed by atoms with Crippen molar-refractivity contribution in [1.82, 2.24) is 0 Å². The Hall–Kier alpha value is -1.06. The summed E-state index contributed by atoms with van der Waals surface area (Å²) in [5.74, 6) is 0.513. The zero-order chi connectivity index (χ0) is 13.0. The third kappa shape index (κ3) is 3.03. The fraction of sp³-hybridized carbons (Fsp3) is 0.500. The molecule has 0 bridgehead atoms. The van der Waals surface area contributed by atoms with E-state index in [2.05, 4.69) is 4.90 Å². The topological polar surface area (TPSA) is 29.5 Å². The van der Waals surface area contributed by atoms with Gasteiger partial charge in [0.15, 0.2) is 6.29 Å². The van der Waals surface area contributed by atoms with Crippen LogP contribution in [0.2, 0.25) is 5.02 Å². The van der Waals surface area contributed by atoms with Crippen molar-refractivity contribution < 1.29 is 9.53 Å². The van der Waals surface area contributed by atoms with Crippen LogP contribution in [-0.2, 0) is 4.74 Å². The van der Waals surface area contributed by atoms with Gasteiger partial charge in [0.2, 0.25) is 0 Å². The first kappa shape index (κ1) is 13.4. The van der Waals surface area contributed by atoms with E-state index < -0.39 is 0 Å². The van der Waals surface area contributed by atoms with Gasteiger partial charge in [-0.2, -0.15) is 0 Å². The average molecular weight is 268 g/mol. The Balaban J connectivity index is 2.12. The lowest BCUT2D eigenvalue weighted by molar-refractivity contribution is 0.0576. The lowest BCUT2D eigenvalue weighted by Crippen LogP contribution is -2.31. The minimum atomic E-state index is 0.513. The Morgan fingerprint density at radius 1 is 1.56 bits per heavy atom. The average Bonchev–Trinajstić information content (AvgIpc) is 2.39. The molecule has 1 aliphatic rings. The molecule has 0 amide bonds. The molecular formula is C14H18ClNO2. The van der Waals surface area contributed by atoms with Gasteiger partial charge in [0.1, 0.15) is 0 Å². The van der Waals surface area contributed by atoms with Gasteiger partial charge in [-0.05, 0) is 30.9 Å². The van der Waals surface area contributed by atoms with Gasteiger partial charge in [0.25, 0.3) is 0 Å². The predicted octanol–water partition coefficient (Wildman–Crippen LogP) is 3.02. The smallest absolute Gasteiger partial charge is 0.152 e. The Kier molecular flexibility index (Phi) is 4.61. The van der Waals surface area contributed by atoms with Crippen LogP contribution < -0.4 is 4.90 Å². The number of hydrogen-bond donors (Lipinski definition) is 0. The molecule has 1 aromatic rings. The lowest BCUT2D eigenvalue weighted by atomic mass is 10.0.